The SMILES string of the molecule is CC(n1nccc1C(C)(C)C)C(C)(C)C. The van der Waals surface area contributed by atoms with Gasteiger partial charge in [0.05, 0.1) is 6.04 Å². The Hall–Kier alpha value is -0.790. The van der Waals surface area contributed by atoms with Gasteiger partial charge in [0.2, 0.25) is 0 Å². The third-order valence-corrected chi connectivity index (χ3v) is 3.06. The largest absolute Gasteiger partial charge is 0.266 e. The molecule has 2 heteroatoms. The van der Waals surface area contributed by atoms with Crippen LogP contribution in [-0.2, 0) is 5.41 Å². The quantitative estimate of drug-likeness (QED) is 0.686. The Morgan fingerprint density at radius 3 is 2.07 bits per heavy atom. The van der Waals surface area contributed by atoms with E-state index in [0.717, 1.165) is 0 Å². The van der Waals surface area contributed by atoms with Gasteiger partial charge in [-0.3, -0.25) is 4.68 Å². The lowest BCUT2D eigenvalue weighted by Gasteiger charge is -2.32. The minimum absolute atomic E-state index is 0.163. The molecule has 0 bridgehead atoms. The molecule has 0 aliphatic rings. The Kier molecular flexibility index (Phi) is 2.99. The third-order valence-electron chi connectivity index (χ3n) is 3.06. The van der Waals surface area contributed by atoms with E-state index in [4.69, 9.17) is 0 Å². The Morgan fingerprint density at radius 2 is 1.67 bits per heavy atom. The summed E-state index contributed by atoms with van der Waals surface area (Å²) in [5.74, 6) is 0. The van der Waals surface area contributed by atoms with Crippen LogP contribution in [0.3, 0.4) is 0 Å². The molecule has 0 saturated heterocycles. The Balaban J connectivity index is 3.12. The van der Waals surface area contributed by atoms with Gasteiger partial charge >= 0.3 is 0 Å². The monoisotopic (exact) mass is 208 g/mol. The van der Waals surface area contributed by atoms with E-state index >= 15 is 0 Å². The van der Waals surface area contributed by atoms with Crippen molar-refractivity contribution in [3.63, 3.8) is 0 Å². The Labute approximate surface area is 93.7 Å². The van der Waals surface area contributed by atoms with Crippen LogP contribution in [0, 0.1) is 5.41 Å². The van der Waals surface area contributed by atoms with Crippen molar-refractivity contribution in [1.82, 2.24) is 9.78 Å². The fourth-order valence-corrected chi connectivity index (χ4v) is 1.58. The smallest absolute Gasteiger partial charge is 0.0542 e. The van der Waals surface area contributed by atoms with Crippen molar-refractivity contribution < 1.29 is 0 Å². The van der Waals surface area contributed by atoms with Crippen molar-refractivity contribution >= 4 is 0 Å². The van der Waals surface area contributed by atoms with Crippen molar-refractivity contribution in [3.05, 3.63) is 18.0 Å². The zero-order chi connectivity index (χ0) is 11.9. The molecule has 1 atom stereocenters. The summed E-state index contributed by atoms with van der Waals surface area (Å²) >= 11 is 0. The van der Waals surface area contributed by atoms with Crippen molar-refractivity contribution in [2.45, 2.75) is 59.9 Å². The normalized spacial score (nSPS) is 15.4. The molecule has 2 nitrogen and oxygen atoms in total. The van der Waals surface area contributed by atoms with Crippen LogP contribution in [0.25, 0.3) is 0 Å². The van der Waals surface area contributed by atoms with Gasteiger partial charge in [0.1, 0.15) is 0 Å². The second-order valence-electron chi connectivity index (χ2n) is 6.45. The van der Waals surface area contributed by atoms with Crippen LogP contribution in [0.1, 0.15) is 60.2 Å². The first kappa shape index (κ1) is 12.3. The van der Waals surface area contributed by atoms with Crippen LogP contribution >= 0.6 is 0 Å². The predicted molar refractivity (Wildman–Crippen MR) is 65.1 cm³/mol. The number of hydrogen-bond donors (Lipinski definition) is 0. The van der Waals surface area contributed by atoms with Crippen LogP contribution < -0.4 is 0 Å². The first-order valence-electron chi connectivity index (χ1n) is 5.68. The van der Waals surface area contributed by atoms with E-state index in [9.17, 15) is 0 Å². The van der Waals surface area contributed by atoms with E-state index in [2.05, 4.69) is 64.3 Å². The summed E-state index contributed by atoms with van der Waals surface area (Å²) in [5, 5.41) is 4.47. The van der Waals surface area contributed by atoms with E-state index in [0.29, 0.717) is 6.04 Å². The van der Waals surface area contributed by atoms with E-state index in [1.807, 2.05) is 6.20 Å². The topological polar surface area (TPSA) is 17.8 Å². The molecule has 0 radical (unpaired) electrons. The van der Waals surface area contributed by atoms with Gasteiger partial charge < -0.3 is 0 Å². The second-order valence-corrected chi connectivity index (χ2v) is 6.45. The standard InChI is InChI=1S/C13H24N2/c1-10(12(2,3)4)15-11(8-9-14-15)13(5,6)7/h8-10H,1-7H3. The number of rotatable bonds is 1. The van der Waals surface area contributed by atoms with Crippen LogP contribution in [-0.4, -0.2) is 9.78 Å². The van der Waals surface area contributed by atoms with Gasteiger partial charge in [-0.2, -0.15) is 5.10 Å². The van der Waals surface area contributed by atoms with Gasteiger partial charge in [0.15, 0.2) is 0 Å². The molecule has 0 fully saturated rings. The first-order chi connectivity index (χ1) is 6.64. The van der Waals surface area contributed by atoms with Crippen LogP contribution in [0.2, 0.25) is 0 Å². The summed E-state index contributed by atoms with van der Waals surface area (Å²) in [6.45, 7) is 15.7. The first-order valence-corrected chi connectivity index (χ1v) is 5.68. The summed E-state index contributed by atoms with van der Waals surface area (Å²) in [4.78, 5) is 0. The summed E-state index contributed by atoms with van der Waals surface area (Å²) in [5.41, 5.74) is 1.71. The van der Waals surface area contributed by atoms with Crippen LogP contribution in [0.4, 0.5) is 0 Å². The molecular weight excluding hydrogens is 184 g/mol. The van der Waals surface area contributed by atoms with E-state index in [1.54, 1.807) is 0 Å². The summed E-state index contributed by atoms with van der Waals surface area (Å²) in [6.07, 6.45) is 1.91. The lowest BCUT2D eigenvalue weighted by atomic mass is 9.86. The zero-order valence-corrected chi connectivity index (χ0v) is 11.1. The molecule has 0 aromatic carbocycles. The molecule has 0 amide bonds. The fourth-order valence-electron chi connectivity index (χ4n) is 1.58. The van der Waals surface area contributed by atoms with Gasteiger partial charge in [-0.25, -0.2) is 0 Å². The predicted octanol–water partition coefficient (Wildman–Crippen LogP) is 3.79. The van der Waals surface area contributed by atoms with Gasteiger partial charge in [-0.1, -0.05) is 41.5 Å². The van der Waals surface area contributed by atoms with E-state index in [-0.39, 0.29) is 10.8 Å². The molecule has 1 unspecified atom stereocenters. The highest BCUT2D eigenvalue weighted by Gasteiger charge is 2.27. The van der Waals surface area contributed by atoms with E-state index in [1.165, 1.54) is 5.69 Å². The molecule has 0 N–H and O–H groups in total. The minimum atomic E-state index is 0.163. The summed E-state index contributed by atoms with van der Waals surface area (Å²) in [6, 6.07) is 2.55. The molecule has 1 aromatic heterocycles. The molecule has 1 rings (SSSR count). The highest BCUT2D eigenvalue weighted by molar-refractivity contribution is 5.13. The van der Waals surface area contributed by atoms with Gasteiger partial charge in [-0.15, -0.1) is 0 Å². The Morgan fingerprint density at radius 1 is 1.13 bits per heavy atom. The second kappa shape index (κ2) is 3.66. The average Bonchev–Trinajstić information content (AvgIpc) is 2.47. The third kappa shape index (κ3) is 2.61. The molecular formula is C13H24N2. The molecule has 15 heavy (non-hydrogen) atoms. The Bertz CT molecular complexity index is 323. The molecule has 0 spiro atoms. The summed E-state index contributed by atoms with van der Waals surface area (Å²) in [7, 11) is 0. The number of nitrogens with zero attached hydrogens (tertiary/aromatic N) is 2. The summed E-state index contributed by atoms with van der Waals surface area (Å²) < 4.78 is 2.17. The molecule has 0 saturated carbocycles. The molecule has 1 aromatic rings. The molecule has 0 aliphatic carbocycles. The lowest BCUT2D eigenvalue weighted by Crippen LogP contribution is -2.28. The van der Waals surface area contributed by atoms with Crippen molar-refractivity contribution in [1.29, 1.82) is 0 Å². The van der Waals surface area contributed by atoms with Gasteiger partial charge in [-0.05, 0) is 18.4 Å². The minimum Gasteiger partial charge on any atom is -0.266 e. The van der Waals surface area contributed by atoms with Crippen molar-refractivity contribution in [2.75, 3.05) is 0 Å². The molecule has 1 heterocycles. The fraction of sp³-hybridized carbons (Fsp3) is 0.769. The van der Waals surface area contributed by atoms with Crippen LogP contribution in [0.5, 0.6) is 0 Å². The molecule has 86 valence electrons. The highest BCUT2D eigenvalue weighted by atomic mass is 15.3. The van der Waals surface area contributed by atoms with Gasteiger partial charge in [0.25, 0.3) is 0 Å². The average molecular weight is 208 g/mol. The van der Waals surface area contributed by atoms with Gasteiger partial charge in [0, 0.05) is 17.3 Å². The maximum absolute atomic E-state index is 4.47. The number of aromatic nitrogens is 2. The molecule has 0 aliphatic heterocycles. The lowest BCUT2D eigenvalue weighted by molar-refractivity contribution is 0.232. The van der Waals surface area contributed by atoms with Crippen molar-refractivity contribution in [2.24, 2.45) is 5.41 Å². The van der Waals surface area contributed by atoms with E-state index < -0.39 is 0 Å². The maximum Gasteiger partial charge on any atom is 0.0542 e. The van der Waals surface area contributed by atoms with Crippen LogP contribution in [0.15, 0.2) is 12.3 Å². The number of hydrogen-bond acceptors (Lipinski definition) is 1. The van der Waals surface area contributed by atoms with Crippen molar-refractivity contribution in [3.8, 4) is 0 Å². The highest BCUT2D eigenvalue weighted by Crippen LogP contribution is 2.33. The zero-order valence-electron chi connectivity index (χ0n) is 11.1. The maximum atomic E-state index is 4.47.